The van der Waals surface area contributed by atoms with Crippen molar-refractivity contribution < 1.29 is 4.79 Å². The molecule has 0 unspecified atom stereocenters. The fourth-order valence-electron chi connectivity index (χ4n) is 3.15. The van der Waals surface area contributed by atoms with Crippen LogP contribution in [0.3, 0.4) is 0 Å². The van der Waals surface area contributed by atoms with Crippen LogP contribution in [0.4, 0.5) is 5.82 Å². The fourth-order valence-corrected chi connectivity index (χ4v) is 4.14. The summed E-state index contributed by atoms with van der Waals surface area (Å²) in [5.74, 6) is 0.788. The molecule has 3 heterocycles. The Kier molecular flexibility index (Phi) is 6.08. The standard InChI is InChI=1S/C21H22ClN5OS/c1-26-7-9-27(10-8-26)19-6-5-15(12-23-19)13-24-20(28)18-14-29-21(25-18)16-3-2-4-17(22)11-16/h2-6,11-12,14H,7-10,13H2,1H3,(H,24,28). The van der Waals surface area contributed by atoms with E-state index in [4.69, 9.17) is 11.6 Å². The first-order chi connectivity index (χ1) is 14.1. The maximum atomic E-state index is 12.4. The third kappa shape index (κ3) is 4.93. The summed E-state index contributed by atoms with van der Waals surface area (Å²) in [6.45, 7) is 4.48. The number of halogens is 1. The summed E-state index contributed by atoms with van der Waals surface area (Å²) in [6.07, 6.45) is 1.83. The summed E-state index contributed by atoms with van der Waals surface area (Å²) in [7, 11) is 2.14. The quantitative estimate of drug-likeness (QED) is 0.674. The van der Waals surface area contributed by atoms with Crippen LogP contribution in [-0.2, 0) is 6.54 Å². The number of benzene rings is 1. The molecule has 1 aliphatic rings. The van der Waals surface area contributed by atoms with Crippen LogP contribution in [-0.4, -0.2) is 54.0 Å². The third-order valence-corrected chi connectivity index (χ3v) is 6.02. The average Bonchev–Trinajstić information content (AvgIpc) is 3.24. The molecule has 6 nitrogen and oxygen atoms in total. The van der Waals surface area contributed by atoms with Crippen LogP contribution < -0.4 is 10.2 Å². The highest BCUT2D eigenvalue weighted by Crippen LogP contribution is 2.26. The summed E-state index contributed by atoms with van der Waals surface area (Å²) < 4.78 is 0. The van der Waals surface area contributed by atoms with Crippen LogP contribution in [0, 0.1) is 0 Å². The molecule has 1 amide bonds. The topological polar surface area (TPSA) is 61.4 Å². The highest BCUT2D eigenvalue weighted by Gasteiger charge is 2.15. The van der Waals surface area contributed by atoms with Gasteiger partial charge < -0.3 is 15.1 Å². The molecule has 8 heteroatoms. The smallest absolute Gasteiger partial charge is 0.271 e. The first-order valence-corrected chi connectivity index (χ1v) is 10.7. The van der Waals surface area contributed by atoms with Crippen molar-refractivity contribution in [2.24, 2.45) is 0 Å². The number of piperazine rings is 1. The predicted molar refractivity (Wildman–Crippen MR) is 118 cm³/mol. The van der Waals surface area contributed by atoms with E-state index in [-0.39, 0.29) is 5.91 Å². The van der Waals surface area contributed by atoms with Gasteiger partial charge in [0.2, 0.25) is 0 Å². The average molecular weight is 428 g/mol. The molecule has 4 rings (SSSR count). The van der Waals surface area contributed by atoms with E-state index in [9.17, 15) is 4.79 Å². The lowest BCUT2D eigenvalue weighted by atomic mass is 10.2. The van der Waals surface area contributed by atoms with E-state index >= 15 is 0 Å². The van der Waals surface area contributed by atoms with Crippen LogP contribution in [0.2, 0.25) is 5.02 Å². The minimum atomic E-state index is -0.197. The Hall–Kier alpha value is -2.48. The highest BCUT2D eigenvalue weighted by molar-refractivity contribution is 7.13. The van der Waals surface area contributed by atoms with Gasteiger partial charge in [-0.25, -0.2) is 9.97 Å². The van der Waals surface area contributed by atoms with Crippen molar-refractivity contribution in [1.82, 2.24) is 20.2 Å². The molecule has 0 bridgehead atoms. The molecular formula is C21H22ClN5OS. The summed E-state index contributed by atoms with van der Waals surface area (Å²) >= 11 is 7.46. The zero-order chi connectivity index (χ0) is 20.2. The Morgan fingerprint density at radius 2 is 2.03 bits per heavy atom. The number of pyridine rings is 1. The van der Waals surface area contributed by atoms with Gasteiger partial charge in [0.15, 0.2) is 0 Å². The van der Waals surface area contributed by atoms with Gasteiger partial charge in [0.05, 0.1) is 0 Å². The van der Waals surface area contributed by atoms with Crippen molar-refractivity contribution in [2.45, 2.75) is 6.54 Å². The SMILES string of the molecule is CN1CCN(c2ccc(CNC(=O)c3csc(-c4cccc(Cl)c4)n3)cn2)CC1. The van der Waals surface area contributed by atoms with Gasteiger partial charge in [-0.3, -0.25) is 4.79 Å². The molecule has 0 aliphatic carbocycles. The Morgan fingerprint density at radius 1 is 1.21 bits per heavy atom. The second-order valence-corrected chi connectivity index (χ2v) is 8.34. The Labute approximate surface area is 179 Å². The molecule has 1 N–H and O–H groups in total. The van der Waals surface area contributed by atoms with Crippen LogP contribution in [0.5, 0.6) is 0 Å². The number of anilines is 1. The lowest BCUT2D eigenvalue weighted by Crippen LogP contribution is -2.44. The van der Waals surface area contributed by atoms with Crippen molar-refractivity contribution in [3.05, 3.63) is 64.3 Å². The lowest BCUT2D eigenvalue weighted by Gasteiger charge is -2.33. The number of hydrogen-bond donors (Lipinski definition) is 1. The fraction of sp³-hybridized carbons (Fsp3) is 0.286. The van der Waals surface area contributed by atoms with Crippen molar-refractivity contribution in [1.29, 1.82) is 0 Å². The van der Waals surface area contributed by atoms with Crippen molar-refractivity contribution >= 4 is 34.7 Å². The number of carbonyl (C=O) groups excluding carboxylic acids is 1. The number of carbonyl (C=O) groups is 1. The van der Waals surface area contributed by atoms with Gasteiger partial charge in [0, 0.05) is 54.9 Å². The number of amides is 1. The largest absolute Gasteiger partial charge is 0.354 e. The molecule has 0 atom stereocenters. The number of hydrogen-bond acceptors (Lipinski definition) is 6. The van der Waals surface area contributed by atoms with Gasteiger partial charge in [0.1, 0.15) is 16.5 Å². The maximum Gasteiger partial charge on any atom is 0.271 e. The predicted octanol–water partition coefficient (Wildman–Crippen LogP) is 3.54. The summed E-state index contributed by atoms with van der Waals surface area (Å²) in [5, 5.41) is 6.10. The van der Waals surface area contributed by atoms with E-state index in [0.29, 0.717) is 17.3 Å². The molecule has 29 heavy (non-hydrogen) atoms. The molecule has 1 aliphatic heterocycles. The van der Waals surface area contributed by atoms with Gasteiger partial charge in [-0.2, -0.15) is 0 Å². The van der Waals surface area contributed by atoms with E-state index in [2.05, 4.69) is 32.1 Å². The molecule has 2 aromatic heterocycles. The monoisotopic (exact) mass is 427 g/mol. The van der Waals surface area contributed by atoms with E-state index in [1.807, 2.05) is 42.6 Å². The van der Waals surface area contributed by atoms with Crippen LogP contribution in [0.15, 0.2) is 48.0 Å². The maximum absolute atomic E-state index is 12.4. The summed E-state index contributed by atoms with van der Waals surface area (Å²) in [5.41, 5.74) is 2.28. The number of likely N-dealkylation sites (N-methyl/N-ethyl adjacent to an activating group) is 1. The Bertz CT molecular complexity index is 983. The minimum Gasteiger partial charge on any atom is -0.354 e. The number of thiazole rings is 1. The van der Waals surface area contributed by atoms with Crippen molar-refractivity contribution in [3.63, 3.8) is 0 Å². The van der Waals surface area contributed by atoms with Gasteiger partial charge in [0.25, 0.3) is 5.91 Å². The molecule has 0 spiro atoms. The lowest BCUT2D eigenvalue weighted by molar-refractivity contribution is 0.0946. The van der Waals surface area contributed by atoms with Crippen LogP contribution >= 0.6 is 22.9 Å². The Balaban J connectivity index is 1.34. The third-order valence-electron chi connectivity index (χ3n) is 4.90. The second-order valence-electron chi connectivity index (χ2n) is 7.05. The first-order valence-electron chi connectivity index (χ1n) is 9.46. The summed E-state index contributed by atoms with van der Waals surface area (Å²) in [4.78, 5) is 26.0. The van der Waals surface area contributed by atoms with Gasteiger partial charge in [-0.05, 0) is 30.8 Å². The minimum absolute atomic E-state index is 0.197. The van der Waals surface area contributed by atoms with Gasteiger partial charge in [-0.15, -0.1) is 11.3 Å². The number of nitrogens with zero attached hydrogens (tertiary/aromatic N) is 4. The highest BCUT2D eigenvalue weighted by atomic mass is 35.5. The number of rotatable bonds is 5. The van der Waals surface area contributed by atoms with E-state index < -0.39 is 0 Å². The molecular weight excluding hydrogens is 406 g/mol. The molecule has 0 saturated carbocycles. The van der Waals surface area contributed by atoms with Crippen molar-refractivity contribution in [2.75, 3.05) is 38.1 Å². The zero-order valence-electron chi connectivity index (χ0n) is 16.1. The van der Waals surface area contributed by atoms with Crippen LogP contribution in [0.1, 0.15) is 16.1 Å². The normalized spacial score (nSPS) is 14.8. The second kappa shape index (κ2) is 8.90. The molecule has 150 valence electrons. The van der Waals surface area contributed by atoms with E-state index in [0.717, 1.165) is 48.1 Å². The van der Waals surface area contributed by atoms with Gasteiger partial charge in [-0.1, -0.05) is 29.8 Å². The van der Waals surface area contributed by atoms with Crippen LogP contribution in [0.25, 0.3) is 10.6 Å². The van der Waals surface area contributed by atoms with Crippen molar-refractivity contribution in [3.8, 4) is 10.6 Å². The molecule has 0 radical (unpaired) electrons. The first kappa shape index (κ1) is 19.8. The molecule has 1 saturated heterocycles. The van der Waals surface area contributed by atoms with E-state index in [1.54, 1.807) is 5.38 Å². The zero-order valence-corrected chi connectivity index (χ0v) is 17.7. The number of nitrogens with one attached hydrogen (secondary N) is 1. The molecule has 1 fully saturated rings. The summed E-state index contributed by atoms with van der Waals surface area (Å²) in [6, 6.07) is 11.5. The number of aromatic nitrogens is 2. The van der Waals surface area contributed by atoms with E-state index in [1.165, 1.54) is 11.3 Å². The molecule has 1 aromatic carbocycles. The molecule has 3 aromatic rings. The van der Waals surface area contributed by atoms with Gasteiger partial charge >= 0.3 is 0 Å². The Morgan fingerprint density at radius 3 is 2.76 bits per heavy atom.